The van der Waals surface area contributed by atoms with Crippen LogP contribution in [0.15, 0.2) is 54.9 Å². The summed E-state index contributed by atoms with van der Waals surface area (Å²) >= 11 is 0. The summed E-state index contributed by atoms with van der Waals surface area (Å²) in [6, 6.07) is 7.72. The molecule has 1 N–H and O–H groups in total. The minimum absolute atomic E-state index is 0.0518. The quantitative estimate of drug-likeness (QED) is 0.877. The molecule has 0 spiro atoms. The van der Waals surface area contributed by atoms with E-state index in [4.69, 9.17) is 0 Å². The van der Waals surface area contributed by atoms with Gasteiger partial charge in [-0.25, -0.2) is 4.39 Å². The van der Waals surface area contributed by atoms with Crippen molar-refractivity contribution in [2.24, 2.45) is 0 Å². The molecular weight excluding hydrogens is 286 g/mol. The third kappa shape index (κ3) is 3.11. The van der Waals surface area contributed by atoms with Gasteiger partial charge in [0.2, 0.25) is 5.60 Å². The van der Waals surface area contributed by atoms with Gasteiger partial charge in [0.25, 0.3) is 0 Å². The van der Waals surface area contributed by atoms with Gasteiger partial charge in [-0.05, 0) is 18.2 Å². The lowest BCUT2D eigenvalue weighted by molar-refractivity contribution is -0.245. The molecule has 0 saturated heterocycles. The molecule has 0 aliphatic carbocycles. The highest BCUT2D eigenvalue weighted by molar-refractivity contribution is 5.52. The molecule has 110 valence electrons. The Hall–Kier alpha value is -2.21. The summed E-state index contributed by atoms with van der Waals surface area (Å²) in [6.45, 7) is 0. The molecule has 6 heteroatoms. The van der Waals surface area contributed by atoms with Crippen LogP contribution in [-0.4, -0.2) is 16.3 Å². The van der Waals surface area contributed by atoms with Gasteiger partial charge in [-0.3, -0.25) is 4.98 Å². The molecule has 0 aliphatic heterocycles. The van der Waals surface area contributed by atoms with Crippen LogP contribution < -0.4 is 0 Å². The predicted octanol–water partition coefficient (Wildman–Crippen LogP) is 3.68. The molecule has 0 fully saturated rings. The lowest BCUT2D eigenvalue weighted by Crippen LogP contribution is -2.40. The molecule has 1 atom stereocenters. The molecule has 1 unspecified atom stereocenters. The molecule has 21 heavy (non-hydrogen) atoms. The molecule has 0 amide bonds. The third-order valence-corrected chi connectivity index (χ3v) is 2.94. The van der Waals surface area contributed by atoms with Crippen LogP contribution in [0.1, 0.15) is 11.1 Å². The number of rotatable bonds is 3. The van der Waals surface area contributed by atoms with Crippen molar-refractivity contribution in [3.8, 4) is 0 Å². The van der Waals surface area contributed by atoms with E-state index in [1.54, 1.807) is 0 Å². The average molecular weight is 297 g/mol. The van der Waals surface area contributed by atoms with Gasteiger partial charge in [0.15, 0.2) is 0 Å². The molecule has 2 nitrogen and oxygen atoms in total. The largest absolute Gasteiger partial charge is 0.425 e. The highest BCUT2D eigenvalue weighted by Gasteiger charge is 2.53. The smallest absolute Gasteiger partial charge is 0.373 e. The topological polar surface area (TPSA) is 33.1 Å². The van der Waals surface area contributed by atoms with Crippen molar-refractivity contribution in [2.75, 3.05) is 0 Å². The first-order chi connectivity index (χ1) is 9.84. The normalized spacial score (nSPS) is 15.1. The standard InChI is InChI=1S/C15H11F4NO/c16-13-6-2-1-4-11(13)7-8-14(21,15(17,18)19)12-5-3-9-20-10-12/h1-10,21H. The van der Waals surface area contributed by atoms with Gasteiger partial charge in [-0.1, -0.05) is 30.3 Å². The summed E-state index contributed by atoms with van der Waals surface area (Å²) < 4.78 is 52.9. The summed E-state index contributed by atoms with van der Waals surface area (Å²) in [5.41, 5.74) is -3.72. The minimum Gasteiger partial charge on any atom is -0.373 e. The maximum atomic E-state index is 13.4. The number of benzene rings is 1. The molecule has 2 aromatic rings. The van der Waals surface area contributed by atoms with Crippen LogP contribution in [0.2, 0.25) is 0 Å². The molecule has 0 bridgehead atoms. The van der Waals surface area contributed by atoms with Crippen molar-refractivity contribution in [1.29, 1.82) is 0 Å². The van der Waals surface area contributed by atoms with Gasteiger partial charge in [0, 0.05) is 23.5 Å². The van der Waals surface area contributed by atoms with Crippen LogP contribution in [-0.2, 0) is 5.60 Å². The Morgan fingerprint density at radius 3 is 2.33 bits per heavy atom. The Balaban J connectivity index is 2.46. The van der Waals surface area contributed by atoms with Crippen molar-refractivity contribution < 1.29 is 22.7 Å². The molecular formula is C15H11F4NO. The molecule has 0 aliphatic rings. The monoisotopic (exact) mass is 297 g/mol. The van der Waals surface area contributed by atoms with Crippen LogP contribution in [0.4, 0.5) is 17.6 Å². The second-order valence-corrected chi connectivity index (χ2v) is 4.36. The Morgan fingerprint density at radius 1 is 1.05 bits per heavy atom. The summed E-state index contributed by atoms with van der Waals surface area (Å²) in [5.74, 6) is -0.676. The second kappa shape index (κ2) is 5.65. The van der Waals surface area contributed by atoms with Crippen LogP contribution in [0.3, 0.4) is 0 Å². The number of pyridine rings is 1. The van der Waals surface area contributed by atoms with E-state index >= 15 is 0 Å². The van der Waals surface area contributed by atoms with E-state index in [0.29, 0.717) is 6.08 Å². The number of hydrogen-bond donors (Lipinski definition) is 1. The average Bonchev–Trinajstić information content (AvgIpc) is 2.46. The second-order valence-electron chi connectivity index (χ2n) is 4.36. The van der Waals surface area contributed by atoms with E-state index in [1.807, 2.05) is 0 Å². The van der Waals surface area contributed by atoms with Crippen LogP contribution in [0.25, 0.3) is 6.08 Å². The van der Waals surface area contributed by atoms with Gasteiger partial charge >= 0.3 is 6.18 Å². The summed E-state index contributed by atoms with van der Waals surface area (Å²) in [6.07, 6.45) is -1.34. The first-order valence-corrected chi connectivity index (χ1v) is 5.98. The van der Waals surface area contributed by atoms with Gasteiger partial charge in [-0.2, -0.15) is 13.2 Å². The molecule has 1 aromatic carbocycles. The Bertz CT molecular complexity index is 640. The van der Waals surface area contributed by atoms with Crippen molar-refractivity contribution >= 4 is 6.08 Å². The molecule has 1 aromatic heterocycles. The van der Waals surface area contributed by atoms with Gasteiger partial charge < -0.3 is 5.11 Å². The minimum atomic E-state index is -4.96. The Labute approximate surface area is 118 Å². The number of aromatic nitrogens is 1. The molecule has 2 rings (SSSR count). The van der Waals surface area contributed by atoms with Crippen molar-refractivity contribution in [3.05, 3.63) is 71.8 Å². The highest BCUT2D eigenvalue weighted by Crippen LogP contribution is 2.40. The van der Waals surface area contributed by atoms with Crippen LogP contribution >= 0.6 is 0 Å². The van der Waals surface area contributed by atoms with E-state index in [2.05, 4.69) is 4.98 Å². The maximum absolute atomic E-state index is 13.4. The molecule has 0 radical (unpaired) electrons. The number of halogens is 4. The zero-order chi connectivity index (χ0) is 15.5. The van der Waals surface area contributed by atoms with Gasteiger partial charge in [-0.15, -0.1) is 0 Å². The third-order valence-electron chi connectivity index (χ3n) is 2.94. The fourth-order valence-electron chi connectivity index (χ4n) is 1.76. The van der Waals surface area contributed by atoms with Crippen LogP contribution in [0.5, 0.6) is 0 Å². The first kappa shape index (κ1) is 15.2. The predicted molar refractivity (Wildman–Crippen MR) is 69.6 cm³/mol. The number of aliphatic hydroxyl groups is 1. The Kier molecular flexibility index (Phi) is 4.09. The highest BCUT2D eigenvalue weighted by atomic mass is 19.4. The van der Waals surface area contributed by atoms with E-state index in [9.17, 15) is 22.7 Å². The van der Waals surface area contributed by atoms with Crippen molar-refractivity contribution in [1.82, 2.24) is 4.98 Å². The van der Waals surface area contributed by atoms with Gasteiger partial charge in [0.05, 0.1) is 0 Å². The number of nitrogens with zero attached hydrogens (tertiary/aromatic N) is 1. The molecule has 0 saturated carbocycles. The lowest BCUT2D eigenvalue weighted by Gasteiger charge is -2.27. The summed E-state index contributed by atoms with van der Waals surface area (Å²) in [5, 5.41) is 10.00. The first-order valence-electron chi connectivity index (χ1n) is 5.98. The van der Waals surface area contributed by atoms with Crippen molar-refractivity contribution in [2.45, 2.75) is 11.8 Å². The summed E-state index contributed by atoms with van der Waals surface area (Å²) in [7, 11) is 0. The summed E-state index contributed by atoms with van der Waals surface area (Å²) in [4.78, 5) is 3.57. The number of alkyl halides is 3. The van der Waals surface area contributed by atoms with E-state index in [0.717, 1.165) is 24.4 Å². The lowest BCUT2D eigenvalue weighted by atomic mass is 9.93. The number of hydrogen-bond acceptors (Lipinski definition) is 2. The fourth-order valence-corrected chi connectivity index (χ4v) is 1.76. The van der Waals surface area contributed by atoms with Crippen LogP contribution in [0, 0.1) is 5.82 Å². The SMILES string of the molecule is OC(C=Cc1ccccc1F)(c1cccnc1)C(F)(F)F. The van der Waals surface area contributed by atoms with Crippen molar-refractivity contribution in [3.63, 3.8) is 0 Å². The van der Waals surface area contributed by atoms with E-state index in [-0.39, 0.29) is 5.56 Å². The molecule has 1 heterocycles. The maximum Gasteiger partial charge on any atom is 0.425 e. The van der Waals surface area contributed by atoms with E-state index < -0.39 is 23.2 Å². The van der Waals surface area contributed by atoms with E-state index in [1.165, 1.54) is 30.5 Å². The Morgan fingerprint density at radius 2 is 1.76 bits per heavy atom. The fraction of sp³-hybridized carbons (Fsp3) is 0.133. The van der Waals surface area contributed by atoms with Gasteiger partial charge in [0.1, 0.15) is 5.82 Å². The zero-order valence-electron chi connectivity index (χ0n) is 10.7. The zero-order valence-corrected chi connectivity index (χ0v) is 10.7.